The van der Waals surface area contributed by atoms with E-state index >= 15 is 0 Å². The summed E-state index contributed by atoms with van der Waals surface area (Å²) in [5.41, 5.74) is 4.19. The normalized spacial score (nSPS) is 16.2. The summed E-state index contributed by atoms with van der Waals surface area (Å²) in [5.74, 6) is 1.89. The molecule has 0 radical (unpaired) electrons. The van der Waals surface area contributed by atoms with E-state index in [0.717, 1.165) is 40.3 Å². The summed E-state index contributed by atoms with van der Waals surface area (Å²) in [6, 6.07) is 26.1. The summed E-state index contributed by atoms with van der Waals surface area (Å²) in [6.45, 7) is 3.36. The minimum absolute atomic E-state index is 0.0528. The second-order valence-electron chi connectivity index (χ2n) is 6.93. The Labute approximate surface area is 170 Å². The van der Waals surface area contributed by atoms with Crippen LogP contribution in [-0.2, 0) is 6.61 Å². The number of thioether (sulfide) groups is 1. The van der Waals surface area contributed by atoms with E-state index in [-0.39, 0.29) is 11.3 Å². The maximum atomic E-state index is 13.0. The number of nitrogens with zero attached hydrogens (tertiary/aromatic N) is 1. The van der Waals surface area contributed by atoms with Gasteiger partial charge < -0.3 is 9.64 Å². The smallest absolute Gasteiger partial charge is 0.255 e. The monoisotopic (exact) mass is 389 g/mol. The van der Waals surface area contributed by atoms with Crippen LogP contribution in [0, 0.1) is 6.92 Å². The Balaban J connectivity index is 1.44. The molecular weight excluding hydrogens is 366 g/mol. The molecular formula is C24H23NO2S. The summed E-state index contributed by atoms with van der Waals surface area (Å²) in [5, 5.41) is 0.0528. The number of benzene rings is 3. The molecule has 142 valence electrons. The van der Waals surface area contributed by atoms with Gasteiger partial charge in [-0.05, 0) is 42.3 Å². The molecule has 0 aliphatic carbocycles. The van der Waals surface area contributed by atoms with Gasteiger partial charge in [0.15, 0.2) is 0 Å². The number of hydrogen-bond donors (Lipinski definition) is 0. The van der Waals surface area contributed by atoms with Crippen LogP contribution in [-0.4, -0.2) is 23.1 Å². The van der Waals surface area contributed by atoms with E-state index in [1.54, 1.807) is 0 Å². The highest BCUT2D eigenvalue weighted by Gasteiger charge is 2.31. The fourth-order valence-corrected chi connectivity index (χ4v) is 4.54. The van der Waals surface area contributed by atoms with Gasteiger partial charge in [-0.15, -0.1) is 11.8 Å². The van der Waals surface area contributed by atoms with Crippen LogP contribution >= 0.6 is 11.8 Å². The van der Waals surface area contributed by atoms with Crippen LogP contribution in [0.3, 0.4) is 0 Å². The van der Waals surface area contributed by atoms with Crippen molar-refractivity contribution in [1.29, 1.82) is 0 Å². The van der Waals surface area contributed by atoms with Crippen molar-refractivity contribution in [2.75, 3.05) is 12.3 Å². The molecule has 28 heavy (non-hydrogen) atoms. The van der Waals surface area contributed by atoms with Gasteiger partial charge in [-0.25, -0.2) is 0 Å². The summed E-state index contributed by atoms with van der Waals surface area (Å²) in [6.07, 6.45) is 0. The zero-order valence-corrected chi connectivity index (χ0v) is 16.7. The van der Waals surface area contributed by atoms with Gasteiger partial charge in [0.25, 0.3) is 5.91 Å². The molecule has 0 spiro atoms. The van der Waals surface area contributed by atoms with E-state index in [2.05, 4.69) is 24.3 Å². The van der Waals surface area contributed by atoms with Crippen molar-refractivity contribution in [3.05, 3.63) is 101 Å². The molecule has 3 aromatic rings. The minimum Gasteiger partial charge on any atom is -0.489 e. The van der Waals surface area contributed by atoms with E-state index < -0.39 is 0 Å². The van der Waals surface area contributed by atoms with Crippen molar-refractivity contribution in [3.63, 3.8) is 0 Å². The SMILES string of the molecule is Cc1ccc(C(=O)N2CCSC2c2ccc(OCc3ccccc3)cc2)cc1. The first-order valence-electron chi connectivity index (χ1n) is 9.46. The van der Waals surface area contributed by atoms with Crippen molar-refractivity contribution in [1.82, 2.24) is 4.90 Å². The number of aryl methyl sites for hydroxylation is 1. The maximum absolute atomic E-state index is 13.0. The third-order valence-corrected chi connectivity index (χ3v) is 6.12. The minimum atomic E-state index is 0.0528. The van der Waals surface area contributed by atoms with Crippen LogP contribution in [0.4, 0.5) is 0 Å². The molecule has 1 heterocycles. The molecule has 0 aromatic heterocycles. The van der Waals surface area contributed by atoms with Crippen molar-refractivity contribution in [2.24, 2.45) is 0 Å². The Morgan fingerprint density at radius 2 is 1.71 bits per heavy atom. The molecule has 1 saturated heterocycles. The average molecular weight is 390 g/mol. The zero-order chi connectivity index (χ0) is 19.3. The highest BCUT2D eigenvalue weighted by atomic mass is 32.2. The molecule has 1 aliphatic rings. The zero-order valence-electron chi connectivity index (χ0n) is 15.9. The lowest BCUT2D eigenvalue weighted by molar-refractivity contribution is 0.0760. The van der Waals surface area contributed by atoms with Crippen molar-refractivity contribution >= 4 is 17.7 Å². The summed E-state index contributed by atoms with van der Waals surface area (Å²) in [7, 11) is 0. The Kier molecular flexibility index (Phi) is 5.68. The van der Waals surface area contributed by atoms with Gasteiger partial charge in [-0.3, -0.25) is 4.79 Å². The van der Waals surface area contributed by atoms with Gasteiger partial charge >= 0.3 is 0 Å². The molecule has 1 unspecified atom stereocenters. The second-order valence-corrected chi connectivity index (χ2v) is 8.12. The van der Waals surface area contributed by atoms with Gasteiger partial charge in [0.1, 0.15) is 17.7 Å². The molecule has 1 amide bonds. The fraction of sp³-hybridized carbons (Fsp3) is 0.208. The lowest BCUT2D eigenvalue weighted by Crippen LogP contribution is -2.30. The number of carbonyl (C=O) groups is 1. The van der Waals surface area contributed by atoms with E-state index in [1.165, 1.54) is 0 Å². The summed E-state index contributed by atoms with van der Waals surface area (Å²) < 4.78 is 5.88. The average Bonchev–Trinajstić information content (AvgIpc) is 3.23. The number of ether oxygens (including phenoxy) is 1. The Bertz CT molecular complexity index is 923. The third kappa shape index (κ3) is 4.23. The van der Waals surface area contributed by atoms with Gasteiger partial charge in [0, 0.05) is 17.9 Å². The maximum Gasteiger partial charge on any atom is 0.255 e. The van der Waals surface area contributed by atoms with Crippen LogP contribution in [0.1, 0.15) is 32.4 Å². The van der Waals surface area contributed by atoms with Crippen LogP contribution in [0.25, 0.3) is 0 Å². The molecule has 3 nitrogen and oxygen atoms in total. The highest BCUT2D eigenvalue weighted by molar-refractivity contribution is 7.99. The van der Waals surface area contributed by atoms with Crippen molar-refractivity contribution in [2.45, 2.75) is 18.9 Å². The lowest BCUT2D eigenvalue weighted by Gasteiger charge is -2.24. The van der Waals surface area contributed by atoms with E-state index in [9.17, 15) is 4.79 Å². The van der Waals surface area contributed by atoms with Crippen molar-refractivity contribution < 1.29 is 9.53 Å². The molecule has 0 N–H and O–H groups in total. The molecule has 4 heteroatoms. The molecule has 0 bridgehead atoms. The summed E-state index contributed by atoms with van der Waals surface area (Å²) in [4.78, 5) is 14.9. The van der Waals surface area contributed by atoms with E-state index in [4.69, 9.17) is 4.74 Å². The Morgan fingerprint density at radius 1 is 1.00 bits per heavy atom. The molecule has 1 fully saturated rings. The third-order valence-electron chi connectivity index (χ3n) is 4.86. The predicted octanol–water partition coefficient (Wildman–Crippen LogP) is 5.46. The number of amides is 1. The standard InChI is InChI=1S/C24H23NO2S/c1-18-7-9-20(10-8-18)23(26)25-15-16-28-24(25)21-11-13-22(14-12-21)27-17-19-5-3-2-4-6-19/h2-14,24H,15-17H2,1H3. The quantitative estimate of drug-likeness (QED) is 0.580. The van der Waals surface area contributed by atoms with Gasteiger partial charge in [-0.2, -0.15) is 0 Å². The first-order chi connectivity index (χ1) is 13.7. The first-order valence-corrected chi connectivity index (χ1v) is 10.5. The fourth-order valence-electron chi connectivity index (χ4n) is 3.29. The van der Waals surface area contributed by atoms with Crippen LogP contribution in [0.2, 0.25) is 0 Å². The van der Waals surface area contributed by atoms with Crippen LogP contribution < -0.4 is 4.74 Å². The molecule has 4 rings (SSSR count). The number of hydrogen-bond acceptors (Lipinski definition) is 3. The van der Waals surface area contributed by atoms with E-state index in [0.29, 0.717) is 6.61 Å². The van der Waals surface area contributed by atoms with Crippen LogP contribution in [0.5, 0.6) is 5.75 Å². The Hall–Kier alpha value is -2.72. The number of carbonyl (C=O) groups excluding carboxylic acids is 1. The van der Waals surface area contributed by atoms with Crippen LogP contribution in [0.15, 0.2) is 78.9 Å². The second kappa shape index (κ2) is 8.53. The predicted molar refractivity (Wildman–Crippen MR) is 115 cm³/mol. The largest absolute Gasteiger partial charge is 0.489 e. The van der Waals surface area contributed by atoms with Crippen molar-refractivity contribution in [3.8, 4) is 5.75 Å². The van der Waals surface area contributed by atoms with Gasteiger partial charge in [0.05, 0.1) is 0 Å². The van der Waals surface area contributed by atoms with Gasteiger partial charge in [0.2, 0.25) is 0 Å². The summed E-state index contributed by atoms with van der Waals surface area (Å²) >= 11 is 1.81. The molecule has 1 aliphatic heterocycles. The lowest BCUT2D eigenvalue weighted by atomic mass is 10.1. The van der Waals surface area contributed by atoms with E-state index in [1.807, 2.05) is 78.2 Å². The Morgan fingerprint density at radius 3 is 2.43 bits per heavy atom. The highest BCUT2D eigenvalue weighted by Crippen LogP contribution is 2.39. The molecule has 0 saturated carbocycles. The van der Waals surface area contributed by atoms with Gasteiger partial charge in [-0.1, -0.05) is 60.2 Å². The topological polar surface area (TPSA) is 29.5 Å². The first kappa shape index (κ1) is 18.6. The molecule has 1 atom stereocenters. The number of rotatable bonds is 5. The molecule has 3 aromatic carbocycles.